The number of hydrogen-bond acceptors (Lipinski definition) is 3. The molecule has 1 N–H and O–H groups in total. The average Bonchev–Trinajstić information content (AvgIpc) is 2.46. The lowest BCUT2D eigenvalue weighted by Gasteiger charge is -2.41. The summed E-state index contributed by atoms with van der Waals surface area (Å²) in [6.07, 6.45) is 3.83. The molecular formula is C15H22N4O. The summed E-state index contributed by atoms with van der Waals surface area (Å²) in [5, 5.41) is 2.90. The van der Waals surface area contributed by atoms with Crippen LogP contribution in [0.4, 0.5) is 10.6 Å². The summed E-state index contributed by atoms with van der Waals surface area (Å²) in [5.41, 5.74) is 1.11. The average molecular weight is 274 g/mol. The third-order valence-corrected chi connectivity index (χ3v) is 4.39. The van der Waals surface area contributed by atoms with E-state index in [-0.39, 0.29) is 6.03 Å². The summed E-state index contributed by atoms with van der Waals surface area (Å²) >= 11 is 0. The van der Waals surface area contributed by atoms with Crippen molar-refractivity contribution in [1.29, 1.82) is 0 Å². The molecule has 0 bridgehead atoms. The van der Waals surface area contributed by atoms with Crippen LogP contribution in [0, 0.1) is 0 Å². The van der Waals surface area contributed by atoms with Crippen molar-refractivity contribution in [2.75, 3.05) is 18.4 Å². The van der Waals surface area contributed by atoms with Gasteiger partial charge in [-0.3, -0.25) is 5.32 Å². The molecule has 2 aliphatic heterocycles. The van der Waals surface area contributed by atoms with Gasteiger partial charge in [-0.2, -0.15) is 0 Å². The lowest BCUT2D eigenvalue weighted by atomic mass is 10.0. The number of nitrogens with zero attached hydrogens (tertiary/aromatic N) is 3. The minimum absolute atomic E-state index is 0.000744. The Bertz CT molecular complexity index is 494. The molecule has 2 amide bonds. The van der Waals surface area contributed by atoms with Gasteiger partial charge in [0.25, 0.3) is 0 Å². The summed E-state index contributed by atoms with van der Waals surface area (Å²) in [5.74, 6) is 0.716. The molecule has 20 heavy (non-hydrogen) atoms. The first-order chi connectivity index (χ1) is 9.65. The second-order valence-electron chi connectivity index (χ2n) is 5.93. The Balaban J connectivity index is 1.68. The SMILES string of the molecule is CC(C)N1CCC(N2Cc3cccnc3NC2=O)CC1. The van der Waals surface area contributed by atoms with Crippen LogP contribution >= 0.6 is 0 Å². The summed E-state index contributed by atoms with van der Waals surface area (Å²) in [6.45, 7) is 7.30. The van der Waals surface area contributed by atoms with Gasteiger partial charge in [0.05, 0.1) is 6.54 Å². The highest BCUT2D eigenvalue weighted by molar-refractivity contribution is 5.91. The molecule has 0 unspecified atom stereocenters. The Morgan fingerprint density at radius 3 is 2.80 bits per heavy atom. The van der Waals surface area contributed by atoms with E-state index >= 15 is 0 Å². The summed E-state index contributed by atoms with van der Waals surface area (Å²) < 4.78 is 0. The maximum absolute atomic E-state index is 12.2. The number of amides is 2. The van der Waals surface area contributed by atoms with E-state index in [2.05, 4.69) is 29.0 Å². The van der Waals surface area contributed by atoms with E-state index in [0.717, 1.165) is 31.5 Å². The molecule has 0 aromatic carbocycles. The van der Waals surface area contributed by atoms with Crippen molar-refractivity contribution in [2.24, 2.45) is 0 Å². The van der Waals surface area contributed by atoms with E-state index in [0.29, 0.717) is 24.4 Å². The number of likely N-dealkylation sites (tertiary alicyclic amines) is 1. The van der Waals surface area contributed by atoms with E-state index < -0.39 is 0 Å². The number of rotatable bonds is 2. The topological polar surface area (TPSA) is 48.5 Å². The van der Waals surface area contributed by atoms with Crippen LogP contribution in [0.5, 0.6) is 0 Å². The Hall–Kier alpha value is -1.62. The predicted molar refractivity (Wildman–Crippen MR) is 78.5 cm³/mol. The fourth-order valence-corrected chi connectivity index (χ4v) is 3.12. The molecule has 5 nitrogen and oxygen atoms in total. The number of aromatic nitrogens is 1. The predicted octanol–water partition coefficient (Wildman–Crippen LogP) is 2.30. The molecule has 0 spiro atoms. The summed E-state index contributed by atoms with van der Waals surface area (Å²) in [7, 11) is 0. The first-order valence-corrected chi connectivity index (χ1v) is 7.40. The molecule has 5 heteroatoms. The molecule has 1 aromatic rings. The highest BCUT2D eigenvalue weighted by atomic mass is 16.2. The largest absolute Gasteiger partial charge is 0.323 e. The van der Waals surface area contributed by atoms with Crippen molar-refractivity contribution in [2.45, 2.75) is 45.3 Å². The lowest BCUT2D eigenvalue weighted by molar-refractivity contribution is 0.105. The van der Waals surface area contributed by atoms with Crippen molar-refractivity contribution in [1.82, 2.24) is 14.8 Å². The third kappa shape index (κ3) is 2.50. The van der Waals surface area contributed by atoms with Crippen LogP contribution in [-0.2, 0) is 6.54 Å². The molecule has 0 atom stereocenters. The van der Waals surface area contributed by atoms with Gasteiger partial charge in [-0.05, 0) is 32.8 Å². The molecule has 1 saturated heterocycles. The zero-order valence-corrected chi connectivity index (χ0v) is 12.2. The molecule has 1 fully saturated rings. The highest BCUT2D eigenvalue weighted by Gasteiger charge is 2.32. The highest BCUT2D eigenvalue weighted by Crippen LogP contribution is 2.26. The van der Waals surface area contributed by atoms with Gasteiger partial charge in [0.1, 0.15) is 5.82 Å². The van der Waals surface area contributed by atoms with Gasteiger partial charge in [0, 0.05) is 36.9 Å². The van der Waals surface area contributed by atoms with Gasteiger partial charge in [-0.1, -0.05) is 6.07 Å². The fraction of sp³-hybridized carbons (Fsp3) is 0.600. The molecule has 0 radical (unpaired) electrons. The maximum Gasteiger partial charge on any atom is 0.323 e. The Morgan fingerprint density at radius 2 is 2.10 bits per heavy atom. The van der Waals surface area contributed by atoms with Gasteiger partial charge >= 0.3 is 6.03 Å². The zero-order valence-electron chi connectivity index (χ0n) is 12.2. The Morgan fingerprint density at radius 1 is 1.35 bits per heavy atom. The van der Waals surface area contributed by atoms with Crippen molar-refractivity contribution < 1.29 is 4.79 Å². The van der Waals surface area contributed by atoms with E-state index in [9.17, 15) is 4.79 Å². The zero-order chi connectivity index (χ0) is 14.1. The molecule has 0 aliphatic carbocycles. The fourth-order valence-electron chi connectivity index (χ4n) is 3.12. The van der Waals surface area contributed by atoms with Crippen LogP contribution in [0.15, 0.2) is 18.3 Å². The third-order valence-electron chi connectivity index (χ3n) is 4.39. The van der Waals surface area contributed by atoms with Gasteiger partial charge in [-0.25, -0.2) is 9.78 Å². The van der Waals surface area contributed by atoms with Crippen LogP contribution in [0.2, 0.25) is 0 Å². The molecular weight excluding hydrogens is 252 g/mol. The van der Waals surface area contributed by atoms with Crippen molar-refractivity contribution >= 4 is 11.8 Å². The van der Waals surface area contributed by atoms with Crippen molar-refractivity contribution in [3.05, 3.63) is 23.9 Å². The quantitative estimate of drug-likeness (QED) is 0.900. The second-order valence-corrected chi connectivity index (χ2v) is 5.93. The second kappa shape index (κ2) is 5.40. The molecule has 0 saturated carbocycles. The first kappa shape index (κ1) is 13.4. The number of nitrogens with one attached hydrogen (secondary N) is 1. The monoisotopic (exact) mass is 274 g/mol. The number of carbonyl (C=O) groups excluding carboxylic acids is 1. The van der Waals surface area contributed by atoms with Crippen molar-refractivity contribution in [3.63, 3.8) is 0 Å². The van der Waals surface area contributed by atoms with Crippen LogP contribution in [0.3, 0.4) is 0 Å². The standard InChI is InChI=1S/C15H22N4O/c1-11(2)18-8-5-13(6-9-18)19-10-12-4-3-7-16-14(12)17-15(19)20/h3-4,7,11,13H,5-6,8-10H2,1-2H3,(H,16,17,20). The van der Waals surface area contributed by atoms with Gasteiger partial charge in [-0.15, -0.1) is 0 Å². The summed E-state index contributed by atoms with van der Waals surface area (Å²) in [6, 6.07) is 4.90. The minimum Gasteiger partial charge on any atom is -0.317 e. The smallest absolute Gasteiger partial charge is 0.317 e. The van der Waals surface area contributed by atoms with Crippen LogP contribution in [-0.4, -0.2) is 46.0 Å². The van der Waals surface area contributed by atoms with Gasteiger partial charge < -0.3 is 9.80 Å². The number of urea groups is 1. The lowest BCUT2D eigenvalue weighted by Crippen LogP contribution is -2.51. The normalized spacial score (nSPS) is 20.9. The van der Waals surface area contributed by atoms with E-state index in [4.69, 9.17) is 0 Å². The van der Waals surface area contributed by atoms with Crippen LogP contribution in [0.25, 0.3) is 0 Å². The number of hydrogen-bond donors (Lipinski definition) is 1. The molecule has 1 aromatic heterocycles. The molecule has 3 rings (SSSR count). The number of pyridine rings is 1. The van der Waals surface area contributed by atoms with Crippen LogP contribution < -0.4 is 5.32 Å². The molecule has 108 valence electrons. The van der Waals surface area contributed by atoms with Gasteiger partial charge in [0.15, 0.2) is 0 Å². The summed E-state index contributed by atoms with van der Waals surface area (Å²) in [4.78, 5) is 20.9. The minimum atomic E-state index is -0.000744. The van der Waals surface area contributed by atoms with E-state index in [1.807, 2.05) is 17.0 Å². The Labute approximate surface area is 120 Å². The van der Waals surface area contributed by atoms with Crippen LogP contribution in [0.1, 0.15) is 32.3 Å². The number of piperidine rings is 1. The van der Waals surface area contributed by atoms with Gasteiger partial charge in [0.2, 0.25) is 0 Å². The maximum atomic E-state index is 12.2. The number of carbonyl (C=O) groups is 1. The first-order valence-electron chi connectivity index (χ1n) is 7.40. The molecule has 2 aliphatic rings. The molecule has 3 heterocycles. The van der Waals surface area contributed by atoms with E-state index in [1.165, 1.54) is 0 Å². The number of anilines is 1. The van der Waals surface area contributed by atoms with E-state index in [1.54, 1.807) is 6.20 Å². The Kier molecular flexibility index (Phi) is 3.61. The number of fused-ring (bicyclic) bond motifs is 1. The van der Waals surface area contributed by atoms with Crippen molar-refractivity contribution in [3.8, 4) is 0 Å².